The summed E-state index contributed by atoms with van der Waals surface area (Å²) in [6, 6.07) is 3.71. The number of rotatable bonds is 1. The lowest BCUT2D eigenvalue weighted by molar-refractivity contribution is -0.167. The smallest absolute Gasteiger partial charge is 0.315 e. The van der Waals surface area contributed by atoms with E-state index in [0.29, 0.717) is 0 Å². The van der Waals surface area contributed by atoms with Crippen LogP contribution in [0.15, 0.2) is 18.2 Å². The van der Waals surface area contributed by atoms with Gasteiger partial charge in [-0.25, -0.2) is 4.39 Å². The van der Waals surface area contributed by atoms with Gasteiger partial charge in [-0.1, -0.05) is 26.0 Å². The Kier molecular flexibility index (Phi) is 5.64. The Morgan fingerprint density at radius 2 is 1.76 bits per heavy atom. The summed E-state index contributed by atoms with van der Waals surface area (Å²) < 4.78 is 48.6. The maximum absolute atomic E-state index is 13.0. The van der Waals surface area contributed by atoms with Gasteiger partial charge >= 0.3 is 12.1 Å². The first-order chi connectivity index (χ1) is 7.82. The maximum atomic E-state index is 13.0. The molecule has 1 amide bonds. The van der Waals surface area contributed by atoms with Gasteiger partial charge < -0.3 is 5.32 Å². The van der Waals surface area contributed by atoms with Gasteiger partial charge in [0.15, 0.2) is 0 Å². The predicted octanol–water partition coefficient (Wildman–Crippen LogP) is 3.66. The molecule has 2 nitrogen and oxygen atoms in total. The number of aryl methyl sites for hydroxylation is 1. The van der Waals surface area contributed by atoms with Crippen LogP contribution in [-0.4, -0.2) is 12.1 Å². The lowest BCUT2D eigenvalue weighted by Crippen LogP contribution is -2.30. The van der Waals surface area contributed by atoms with Crippen LogP contribution in [0.5, 0.6) is 0 Å². The van der Waals surface area contributed by atoms with E-state index < -0.39 is 23.6 Å². The molecule has 6 heteroatoms. The number of anilines is 1. The molecule has 1 rings (SSSR count). The van der Waals surface area contributed by atoms with Crippen LogP contribution < -0.4 is 5.32 Å². The van der Waals surface area contributed by atoms with E-state index in [9.17, 15) is 22.4 Å². The molecule has 1 aromatic rings. The van der Waals surface area contributed by atoms with Crippen molar-refractivity contribution < 1.29 is 22.4 Å². The number of hydrogen-bond donors (Lipinski definition) is 1. The monoisotopic (exact) mass is 251 g/mol. The van der Waals surface area contributed by atoms with E-state index in [4.69, 9.17) is 0 Å². The molecule has 96 valence electrons. The minimum Gasteiger partial charge on any atom is -0.315 e. The minimum atomic E-state index is -5.02. The fourth-order valence-electron chi connectivity index (χ4n) is 0.975. The van der Waals surface area contributed by atoms with Crippen molar-refractivity contribution in [2.45, 2.75) is 26.9 Å². The first-order valence-electron chi connectivity index (χ1n) is 4.95. The SMILES string of the molecule is CC.Cc1cccc(F)c1NC(=O)C(F)(F)F. The number of halogens is 4. The Morgan fingerprint density at radius 3 is 2.18 bits per heavy atom. The van der Waals surface area contributed by atoms with Crippen LogP contribution >= 0.6 is 0 Å². The zero-order chi connectivity index (χ0) is 13.6. The van der Waals surface area contributed by atoms with E-state index in [0.717, 1.165) is 6.07 Å². The Bertz CT molecular complexity index is 367. The van der Waals surface area contributed by atoms with Crippen molar-refractivity contribution in [2.75, 3.05) is 5.32 Å². The topological polar surface area (TPSA) is 29.1 Å². The Hall–Kier alpha value is -1.59. The van der Waals surface area contributed by atoms with E-state index in [1.165, 1.54) is 24.4 Å². The van der Waals surface area contributed by atoms with Crippen LogP contribution in [-0.2, 0) is 4.79 Å². The number of hydrogen-bond acceptors (Lipinski definition) is 1. The zero-order valence-electron chi connectivity index (χ0n) is 9.65. The third kappa shape index (κ3) is 4.42. The average molecular weight is 251 g/mol. The van der Waals surface area contributed by atoms with Gasteiger partial charge in [0.25, 0.3) is 0 Å². The molecule has 0 aliphatic rings. The summed E-state index contributed by atoms with van der Waals surface area (Å²) in [7, 11) is 0. The summed E-state index contributed by atoms with van der Waals surface area (Å²) >= 11 is 0. The first kappa shape index (κ1) is 15.4. The number of alkyl halides is 3. The molecular formula is C11H13F4NO. The molecular weight excluding hydrogens is 238 g/mol. The Morgan fingerprint density at radius 1 is 1.24 bits per heavy atom. The second-order valence-electron chi connectivity index (χ2n) is 2.88. The molecule has 1 aromatic carbocycles. The number of nitrogens with one attached hydrogen (secondary N) is 1. The molecule has 0 aliphatic carbocycles. The van der Waals surface area contributed by atoms with Crippen LogP contribution in [0, 0.1) is 12.7 Å². The van der Waals surface area contributed by atoms with Gasteiger partial charge in [-0.3, -0.25) is 4.79 Å². The van der Waals surface area contributed by atoms with E-state index in [1.807, 2.05) is 13.8 Å². The van der Waals surface area contributed by atoms with Crippen molar-refractivity contribution in [3.8, 4) is 0 Å². The lowest BCUT2D eigenvalue weighted by Gasteiger charge is -2.10. The molecule has 0 aromatic heterocycles. The summed E-state index contributed by atoms with van der Waals surface area (Å²) in [6.45, 7) is 5.40. The van der Waals surface area contributed by atoms with E-state index >= 15 is 0 Å². The summed E-state index contributed by atoms with van der Waals surface area (Å²) in [6.07, 6.45) is -5.02. The fourth-order valence-corrected chi connectivity index (χ4v) is 0.975. The van der Waals surface area contributed by atoms with Crippen LogP contribution in [0.2, 0.25) is 0 Å². The molecule has 1 N–H and O–H groups in total. The van der Waals surface area contributed by atoms with Gasteiger partial charge in [0.05, 0.1) is 5.69 Å². The minimum absolute atomic E-state index is 0.229. The second kappa shape index (κ2) is 6.22. The average Bonchev–Trinajstić information content (AvgIpc) is 2.25. The highest BCUT2D eigenvalue weighted by Gasteiger charge is 2.39. The summed E-state index contributed by atoms with van der Waals surface area (Å²) in [5.41, 5.74) is -0.215. The zero-order valence-corrected chi connectivity index (χ0v) is 9.65. The van der Waals surface area contributed by atoms with Crippen LogP contribution in [0.4, 0.5) is 23.2 Å². The third-order valence-corrected chi connectivity index (χ3v) is 1.72. The van der Waals surface area contributed by atoms with Crippen molar-refractivity contribution in [1.82, 2.24) is 0 Å². The highest BCUT2D eigenvalue weighted by atomic mass is 19.4. The fraction of sp³-hybridized carbons (Fsp3) is 0.364. The molecule has 0 radical (unpaired) electrons. The van der Waals surface area contributed by atoms with Crippen molar-refractivity contribution in [1.29, 1.82) is 0 Å². The van der Waals surface area contributed by atoms with Crippen LogP contribution in [0.1, 0.15) is 19.4 Å². The molecule has 0 spiro atoms. The summed E-state index contributed by atoms with van der Waals surface area (Å²) in [4.78, 5) is 10.5. The quantitative estimate of drug-likeness (QED) is 0.758. The van der Waals surface area contributed by atoms with Crippen molar-refractivity contribution in [3.63, 3.8) is 0 Å². The van der Waals surface area contributed by atoms with Gasteiger partial charge in [0.1, 0.15) is 5.82 Å². The summed E-state index contributed by atoms with van der Waals surface area (Å²) in [5, 5.41) is 1.48. The number of carbonyl (C=O) groups is 1. The number of para-hydroxylation sites is 1. The van der Waals surface area contributed by atoms with Crippen LogP contribution in [0.3, 0.4) is 0 Å². The maximum Gasteiger partial charge on any atom is 0.471 e. The van der Waals surface area contributed by atoms with Gasteiger partial charge in [0, 0.05) is 0 Å². The normalized spacial score (nSPS) is 10.3. The second-order valence-corrected chi connectivity index (χ2v) is 2.88. The highest BCUT2D eigenvalue weighted by molar-refractivity contribution is 5.95. The number of carbonyl (C=O) groups excluding carboxylic acids is 1. The van der Waals surface area contributed by atoms with Gasteiger partial charge in [-0.15, -0.1) is 0 Å². The van der Waals surface area contributed by atoms with Crippen LogP contribution in [0.25, 0.3) is 0 Å². The predicted molar refractivity (Wildman–Crippen MR) is 57.2 cm³/mol. The molecule has 0 heterocycles. The molecule has 0 saturated heterocycles. The van der Waals surface area contributed by atoms with Crippen molar-refractivity contribution in [2.24, 2.45) is 0 Å². The molecule has 17 heavy (non-hydrogen) atoms. The molecule has 0 fully saturated rings. The number of benzene rings is 1. The molecule has 0 unspecified atom stereocenters. The molecule has 0 bridgehead atoms. The van der Waals surface area contributed by atoms with Gasteiger partial charge in [0.2, 0.25) is 0 Å². The largest absolute Gasteiger partial charge is 0.471 e. The van der Waals surface area contributed by atoms with Crippen molar-refractivity contribution >= 4 is 11.6 Å². The van der Waals surface area contributed by atoms with E-state index in [-0.39, 0.29) is 5.56 Å². The third-order valence-electron chi connectivity index (χ3n) is 1.72. The lowest BCUT2D eigenvalue weighted by atomic mass is 10.2. The number of amides is 1. The standard InChI is InChI=1S/C9H7F4NO.C2H6/c1-5-3-2-4-6(10)7(5)14-8(15)9(11,12)13;1-2/h2-4H,1H3,(H,14,15);1-2H3. The molecule has 0 saturated carbocycles. The van der Waals surface area contributed by atoms with Crippen molar-refractivity contribution in [3.05, 3.63) is 29.6 Å². The Balaban J connectivity index is 0.00000121. The Labute approximate surface area is 96.6 Å². The van der Waals surface area contributed by atoms with E-state index in [2.05, 4.69) is 0 Å². The first-order valence-corrected chi connectivity index (χ1v) is 4.95. The molecule has 0 aliphatic heterocycles. The highest BCUT2D eigenvalue weighted by Crippen LogP contribution is 2.22. The van der Waals surface area contributed by atoms with E-state index in [1.54, 1.807) is 0 Å². The molecule has 0 atom stereocenters. The van der Waals surface area contributed by atoms with Gasteiger partial charge in [-0.2, -0.15) is 13.2 Å². The summed E-state index contributed by atoms with van der Waals surface area (Å²) in [5.74, 6) is -3.08. The van der Waals surface area contributed by atoms with Gasteiger partial charge in [-0.05, 0) is 18.6 Å².